The lowest BCUT2D eigenvalue weighted by Crippen LogP contribution is -2.33. The molecule has 4 aromatic rings. The molecule has 0 saturated heterocycles. The number of aromatic nitrogens is 3. The Kier molecular flexibility index (Phi) is 7.28. The predicted molar refractivity (Wildman–Crippen MR) is 138 cm³/mol. The molecule has 4 heterocycles. The normalized spacial score (nSPS) is 14.0. The van der Waals surface area contributed by atoms with Crippen molar-refractivity contribution in [2.24, 2.45) is 7.05 Å². The molecule has 35 heavy (non-hydrogen) atoms. The van der Waals surface area contributed by atoms with Crippen LogP contribution in [0.15, 0.2) is 59.7 Å². The summed E-state index contributed by atoms with van der Waals surface area (Å²) in [5, 5.41) is 1.27. The molecule has 0 fully saturated rings. The molecule has 184 valence electrons. The fraction of sp³-hybridized carbons (Fsp3) is 0.333. The lowest BCUT2D eigenvalue weighted by Gasteiger charge is -2.24. The van der Waals surface area contributed by atoms with Crippen LogP contribution in [0.25, 0.3) is 16.6 Å². The summed E-state index contributed by atoms with van der Waals surface area (Å²) >= 11 is 0. The lowest BCUT2D eigenvalue weighted by atomic mass is 10.1. The Morgan fingerprint density at radius 3 is 2.60 bits per heavy atom. The highest BCUT2D eigenvalue weighted by Crippen LogP contribution is 2.30. The second kappa shape index (κ2) is 10.2. The Morgan fingerprint density at radius 1 is 1.09 bits per heavy atom. The van der Waals surface area contributed by atoms with E-state index in [1.807, 2.05) is 6.07 Å². The number of ether oxygens (including phenoxy) is 1. The average Bonchev–Trinajstić information content (AvgIpc) is 2.97. The smallest absolute Gasteiger partial charge is 0.258 e. The zero-order valence-electron chi connectivity index (χ0n) is 20.2. The molecule has 0 radical (unpaired) electrons. The molecule has 5 rings (SSSR count). The number of halogens is 2. The standard InChI is InChI=1S/C27H29FN4O2.ClH/c1-18(2)31-11-9-24-23-7-6-21(14-26(23)30(3)25(24)10-12-31)32-13-8-22(15-27(32)33)34-17-20-5-4-19(28)16-29-20;/h4-8,13-16,18H,9-12,17H2,1-3H3;1H. The molecular weight excluding hydrogens is 467 g/mol. The molecular formula is C27H30ClFN4O2. The molecule has 0 aliphatic carbocycles. The van der Waals surface area contributed by atoms with Gasteiger partial charge < -0.3 is 14.2 Å². The van der Waals surface area contributed by atoms with Crippen molar-refractivity contribution in [3.05, 3.63) is 88.0 Å². The second-order valence-electron chi connectivity index (χ2n) is 9.14. The highest BCUT2D eigenvalue weighted by Gasteiger charge is 2.22. The molecule has 0 N–H and O–H groups in total. The van der Waals surface area contributed by atoms with Gasteiger partial charge in [0.25, 0.3) is 5.56 Å². The molecule has 1 aliphatic heterocycles. The van der Waals surface area contributed by atoms with Gasteiger partial charge in [-0.3, -0.25) is 14.3 Å². The number of pyridine rings is 2. The van der Waals surface area contributed by atoms with Gasteiger partial charge in [-0.15, -0.1) is 12.4 Å². The minimum Gasteiger partial charge on any atom is -0.487 e. The molecule has 1 aromatic carbocycles. The van der Waals surface area contributed by atoms with Gasteiger partial charge in [0, 0.05) is 55.9 Å². The van der Waals surface area contributed by atoms with Crippen molar-refractivity contribution < 1.29 is 9.13 Å². The second-order valence-corrected chi connectivity index (χ2v) is 9.14. The van der Waals surface area contributed by atoms with E-state index in [1.165, 1.54) is 28.8 Å². The van der Waals surface area contributed by atoms with Crippen LogP contribution < -0.4 is 10.3 Å². The van der Waals surface area contributed by atoms with Gasteiger partial charge in [-0.1, -0.05) is 6.07 Å². The van der Waals surface area contributed by atoms with E-state index in [0.717, 1.165) is 43.3 Å². The molecule has 3 aromatic heterocycles. The van der Waals surface area contributed by atoms with Gasteiger partial charge in [-0.05, 0) is 56.2 Å². The summed E-state index contributed by atoms with van der Waals surface area (Å²) < 4.78 is 22.6. The summed E-state index contributed by atoms with van der Waals surface area (Å²) in [4.78, 5) is 19.4. The van der Waals surface area contributed by atoms with Crippen molar-refractivity contribution in [1.82, 2.24) is 19.0 Å². The van der Waals surface area contributed by atoms with Crippen LogP contribution in [0.2, 0.25) is 0 Å². The molecule has 0 saturated carbocycles. The summed E-state index contributed by atoms with van der Waals surface area (Å²) in [6, 6.07) is 12.9. The van der Waals surface area contributed by atoms with Crippen LogP contribution in [0.1, 0.15) is 30.8 Å². The SMILES string of the molecule is CC(C)N1CCc2c(n(C)c3cc(-n4ccc(OCc5ccc(F)cn5)cc4=O)ccc23)CC1.Cl. The largest absolute Gasteiger partial charge is 0.487 e. The summed E-state index contributed by atoms with van der Waals surface area (Å²) in [5.74, 6) is 0.0595. The molecule has 8 heteroatoms. The Labute approximate surface area is 210 Å². The molecule has 0 unspecified atom stereocenters. The van der Waals surface area contributed by atoms with E-state index in [9.17, 15) is 9.18 Å². The molecule has 0 spiro atoms. The number of hydrogen-bond acceptors (Lipinski definition) is 4. The van der Waals surface area contributed by atoms with Crippen LogP contribution >= 0.6 is 12.4 Å². The highest BCUT2D eigenvalue weighted by molar-refractivity contribution is 5.87. The van der Waals surface area contributed by atoms with E-state index in [4.69, 9.17) is 4.74 Å². The summed E-state index contributed by atoms with van der Waals surface area (Å²) in [7, 11) is 2.12. The Bertz CT molecular complexity index is 1400. The molecule has 0 bridgehead atoms. The van der Waals surface area contributed by atoms with Crippen LogP contribution in [-0.4, -0.2) is 38.1 Å². The van der Waals surface area contributed by atoms with Crippen LogP contribution in [0.3, 0.4) is 0 Å². The van der Waals surface area contributed by atoms with E-state index >= 15 is 0 Å². The lowest BCUT2D eigenvalue weighted by molar-refractivity contribution is 0.232. The monoisotopic (exact) mass is 496 g/mol. The van der Waals surface area contributed by atoms with Crippen molar-refractivity contribution in [1.29, 1.82) is 0 Å². The highest BCUT2D eigenvalue weighted by atomic mass is 35.5. The van der Waals surface area contributed by atoms with Gasteiger partial charge in [0.1, 0.15) is 18.2 Å². The van der Waals surface area contributed by atoms with Gasteiger partial charge in [0.2, 0.25) is 0 Å². The van der Waals surface area contributed by atoms with Crippen LogP contribution in [0.4, 0.5) is 4.39 Å². The van der Waals surface area contributed by atoms with Crippen LogP contribution in [0, 0.1) is 5.82 Å². The maximum Gasteiger partial charge on any atom is 0.258 e. The van der Waals surface area contributed by atoms with Gasteiger partial charge in [0.05, 0.1) is 23.1 Å². The van der Waals surface area contributed by atoms with Gasteiger partial charge in [0.15, 0.2) is 0 Å². The first-order chi connectivity index (χ1) is 16.4. The maximum atomic E-state index is 13.0. The van der Waals surface area contributed by atoms with Crippen molar-refractivity contribution in [2.75, 3.05) is 13.1 Å². The molecule has 0 amide bonds. The minimum absolute atomic E-state index is 0. The first-order valence-corrected chi connectivity index (χ1v) is 11.7. The van der Waals surface area contributed by atoms with E-state index < -0.39 is 5.82 Å². The molecule has 1 aliphatic rings. The van der Waals surface area contributed by atoms with E-state index in [1.54, 1.807) is 22.9 Å². The van der Waals surface area contributed by atoms with E-state index in [-0.39, 0.29) is 24.6 Å². The molecule has 0 atom stereocenters. The third kappa shape index (κ3) is 4.97. The number of fused-ring (bicyclic) bond motifs is 3. The third-order valence-corrected chi connectivity index (χ3v) is 6.78. The zero-order valence-corrected chi connectivity index (χ0v) is 21.0. The Balaban J connectivity index is 0.00000289. The summed E-state index contributed by atoms with van der Waals surface area (Å²) in [5.41, 5.74) is 5.21. The third-order valence-electron chi connectivity index (χ3n) is 6.78. The van der Waals surface area contributed by atoms with Crippen molar-refractivity contribution >= 4 is 23.3 Å². The quantitative estimate of drug-likeness (QED) is 0.403. The number of aryl methyl sites for hydroxylation is 1. The number of benzene rings is 1. The fourth-order valence-corrected chi connectivity index (χ4v) is 4.85. The first kappa shape index (κ1) is 24.9. The fourth-order valence-electron chi connectivity index (χ4n) is 4.85. The van der Waals surface area contributed by atoms with E-state index in [2.05, 4.69) is 47.5 Å². The van der Waals surface area contributed by atoms with E-state index in [0.29, 0.717) is 17.5 Å². The number of nitrogens with zero attached hydrogens (tertiary/aromatic N) is 4. The van der Waals surface area contributed by atoms with Gasteiger partial charge >= 0.3 is 0 Å². The van der Waals surface area contributed by atoms with Gasteiger partial charge in [-0.2, -0.15) is 0 Å². The number of rotatable bonds is 5. The van der Waals surface area contributed by atoms with Crippen molar-refractivity contribution in [3.63, 3.8) is 0 Å². The Morgan fingerprint density at radius 2 is 1.89 bits per heavy atom. The first-order valence-electron chi connectivity index (χ1n) is 11.7. The van der Waals surface area contributed by atoms with Crippen LogP contribution in [-0.2, 0) is 26.5 Å². The summed E-state index contributed by atoms with van der Waals surface area (Å²) in [6.45, 7) is 6.82. The zero-order chi connectivity index (χ0) is 23.8. The topological polar surface area (TPSA) is 52.3 Å². The predicted octanol–water partition coefficient (Wildman–Crippen LogP) is 4.67. The average molecular weight is 497 g/mol. The summed E-state index contributed by atoms with van der Waals surface area (Å²) in [6.07, 6.45) is 4.95. The minimum atomic E-state index is -0.393. The van der Waals surface area contributed by atoms with Crippen molar-refractivity contribution in [2.45, 2.75) is 39.3 Å². The van der Waals surface area contributed by atoms with Gasteiger partial charge in [-0.25, -0.2) is 4.39 Å². The molecule has 6 nitrogen and oxygen atoms in total. The van der Waals surface area contributed by atoms with Crippen LogP contribution in [0.5, 0.6) is 5.75 Å². The van der Waals surface area contributed by atoms with Crippen molar-refractivity contribution in [3.8, 4) is 11.4 Å². The maximum absolute atomic E-state index is 13.0. The Hall–Kier alpha value is -3.16. The number of hydrogen-bond donors (Lipinski definition) is 0.